The van der Waals surface area contributed by atoms with E-state index < -0.39 is 0 Å². The second kappa shape index (κ2) is 8.48. The van der Waals surface area contributed by atoms with Crippen LogP contribution >= 0.6 is 15.9 Å². The number of ether oxygens (including phenoxy) is 1. The molecule has 2 aromatic carbocycles. The summed E-state index contributed by atoms with van der Waals surface area (Å²) in [6.45, 7) is 6.00. The van der Waals surface area contributed by atoms with E-state index in [-0.39, 0.29) is 11.7 Å². The maximum absolute atomic E-state index is 13.0. The molecule has 140 valence electrons. The highest BCUT2D eigenvalue weighted by molar-refractivity contribution is 9.10. The topological polar surface area (TPSA) is 56.5 Å². The number of fused-ring (bicyclic) bond motifs is 1. The van der Waals surface area contributed by atoms with Crippen molar-refractivity contribution < 1.29 is 4.74 Å². The Kier molecular flexibility index (Phi) is 6.06. The lowest BCUT2D eigenvalue weighted by atomic mass is 10.2. The second-order valence-corrected chi connectivity index (χ2v) is 7.42. The van der Waals surface area contributed by atoms with Crippen molar-refractivity contribution in [3.05, 3.63) is 68.7 Å². The molecule has 6 heteroatoms. The van der Waals surface area contributed by atoms with Crippen molar-refractivity contribution in [2.45, 2.75) is 39.7 Å². The van der Waals surface area contributed by atoms with Crippen LogP contribution in [-0.4, -0.2) is 22.0 Å². The van der Waals surface area contributed by atoms with Crippen LogP contribution in [0.15, 0.2) is 56.8 Å². The molecule has 0 unspecified atom stereocenters. The molecule has 0 aliphatic carbocycles. The molecule has 3 aromatic rings. The molecular formula is C21H22BrN3O2. The first-order valence-electron chi connectivity index (χ1n) is 9.00. The summed E-state index contributed by atoms with van der Waals surface area (Å²) < 4.78 is 8.06. The fourth-order valence-corrected chi connectivity index (χ4v) is 3.13. The predicted octanol–water partition coefficient (Wildman–Crippen LogP) is 4.78. The largest absolute Gasteiger partial charge is 0.490 e. The number of aryl methyl sites for hydroxylation is 1. The van der Waals surface area contributed by atoms with Crippen LogP contribution in [0.1, 0.15) is 38.6 Å². The van der Waals surface area contributed by atoms with E-state index in [1.54, 1.807) is 12.3 Å². The summed E-state index contributed by atoms with van der Waals surface area (Å²) in [6.07, 6.45) is 3.25. The summed E-state index contributed by atoms with van der Waals surface area (Å²) >= 11 is 3.42. The molecule has 0 amide bonds. The summed E-state index contributed by atoms with van der Waals surface area (Å²) in [6, 6.07) is 13.2. The lowest BCUT2D eigenvalue weighted by Crippen LogP contribution is -2.22. The van der Waals surface area contributed by atoms with Gasteiger partial charge in [-0.05, 0) is 50.6 Å². The number of nitrogens with zero attached hydrogens (tertiary/aromatic N) is 3. The Bertz CT molecular complexity index is 1040. The van der Waals surface area contributed by atoms with Gasteiger partial charge in [-0.2, -0.15) is 9.78 Å². The van der Waals surface area contributed by atoms with Crippen molar-refractivity contribution in [3.63, 3.8) is 0 Å². The normalized spacial score (nSPS) is 11.6. The van der Waals surface area contributed by atoms with Gasteiger partial charge in [0.2, 0.25) is 0 Å². The summed E-state index contributed by atoms with van der Waals surface area (Å²) in [5.74, 6) is 1.38. The van der Waals surface area contributed by atoms with Gasteiger partial charge in [-0.3, -0.25) is 4.79 Å². The highest BCUT2D eigenvalue weighted by atomic mass is 79.9. The van der Waals surface area contributed by atoms with Gasteiger partial charge in [0.25, 0.3) is 5.56 Å². The molecule has 0 saturated carbocycles. The van der Waals surface area contributed by atoms with E-state index in [1.807, 2.05) is 50.2 Å². The maximum Gasteiger partial charge on any atom is 0.282 e. The number of halogens is 1. The number of hydrogen-bond acceptors (Lipinski definition) is 4. The fourth-order valence-electron chi connectivity index (χ4n) is 2.77. The molecule has 0 aliphatic heterocycles. The molecule has 1 aromatic heterocycles. The maximum atomic E-state index is 13.0. The zero-order valence-corrected chi connectivity index (χ0v) is 17.2. The minimum Gasteiger partial charge on any atom is -0.490 e. The van der Waals surface area contributed by atoms with Crippen molar-refractivity contribution in [1.29, 1.82) is 0 Å². The van der Waals surface area contributed by atoms with E-state index in [2.05, 4.69) is 32.9 Å². The molecule has 0 N–H and O–H groups in total. The molecule has 1 heterocycles. The third-order valence-corrected chi connectivity index (χ3v) is 4.44. The van der Waals surface area contributed by atoms with E-state index in [0.29, 0.717) is 23.1 Å². The van der Waals surface area contributed by atoms with Crippen LogP contribution in [0.25, 0.3) is 10.9 Å². The monoisotopic (exact) mass is 427 g/mol. The molecule has 0 spiro atoms. The quantitative estimate of drug-likeness (QED) is 0.531. The molecule has 5 nitrogen and oxygen atoms in total. The van der Waals surface area contributed by atoms with Crippen LogP contribution in [0.4, 0.5) is 0 Å². The van der Waals surface area contributed by atoms with Crippen LogP contribution in [0.2, 0.25) is 0 Å². The zero-order chi connectivity index (χ0) is 19.4. The summed E-state index contributed by atoms with van der Waals surface area (Å²) in [7, 11) is 0. The number of aromatic nitrogens is 2. The van der Waals surface area contributed by atoms with Crippen LogP contribution in [-0.2, 0) is 6.42 Å². The van der Waals surface area contributed by atoms with E-state index >= 15 is 0 Å². The lowest BCUT2D eigenvalue weighted by molar-refractivity contribution is 0.242. The SMILES string of the molecule is CCCc1nc2ccc(Br)cc2c(=O)n1N=Cc1ccccc1OC(C)C. The van der Waals surface area contributed by atoms with Gasteiger partial charge in [0.15, 0.2) is 0 Å². The molecule has 0 saturated heterocycles. The Morgan fingerprint density at radius 3 is 2.78 bits per heavy atom. The van der Waals surface area contributed by atoms with Crippen molar-refractivity contribution >= 4 is 33.0 Å². The predicted molar refractivity (Wildman–Crippen MR) is 113 cm³/mol. The first kappa shape index (κ1) is 19.3. The molecule has 0 bridgehead atoms. The van der Waals surface area contributed by atoms with Crippen LogP contribution in [0.5, 0.6) is 5.75 Å². The van der Waals surface area contributed by atoms with Crippen molar-refractivity contribution in [1.82, 2.24) is 9.66 Å². The molecule has 0 aliphatic rings. The molecule has 0 atom stereocenters. The number of hydrogen-bond donors (Lipinski definition) is 0. The highest BCUT2D eigenvalue weighted by Crippen LogP contribution is 2.19. The lowest BCUT2D eigenvalue weighted by Gasteiger charge is -2.12. The molecule has 27 heavy (non-hydrogen) atoms. The van der Waals surface area contributed by atoms with Crippen molar-refractivity contribution in [2.75, 3.05) is 0 Å². The van der Waals surface area contributed by atoms with Gasteiger partial charge in [0.05, 0.1) is 23.2 Å². The Labute approximate surface area is 166 Å². The number of rotatable bonds is 6. The average molecular weight is 428 g/mol. The Morgan fingerprint density at radius 2 is 2.04 bits per heavy atom. The van der Waals surface area contributed by atoms with E-state index in [0.717, 1.165) is 22.2 Å². The van der Waals surface area contributed by atoms with Crippen molar-refractivity contribution in [3.8, 4) is 5.75 Å². The Hall–Kier alpha value is -2.47. The molecular weight excluding hydrogens is 406 g/mol. The standard InChI is InChI=1S/C21H22BrN3O2/c1-4-7-20-24-18-11-10-16(22)12-17(18)21(26)25(20)23-13-15-8-5-6-9-19(15)27-14(2)3/h5-6,8-14H,4,7H2,1-3H3. The third-order valence-electron chi connectivity index (χ3n) is 3.94. The summed E-state index contributed by atoms with van der Waals surface area (Å²) in [4.78, 5) is 17.7. The van der Waals surface area contributed by atoms with Crippen LogP contribution in [0, 0.1) is 0 Å². The average Bonchev–Trinajstić information content (AvgIpc) is 2.63. The van der Waals surface area contributed by atoms with Gasteiger partial charge in [-0.25, -0.2) is 4.98 Å². The number of para-hydroxylation sites is 1. The van der Waals surface area contributed by atoms with Gasteiger partial charge in [0.1, 0.15) is 11.6 Å². The van der Waals surface area contributed by atoms with Gasteiger partial charge in [0, 0.05) is 16.5 Å². The van der Waals surface area contributed by atoms with Crippen LogP contribution < -0.4 is 10.3 Å². The fraction of sp³-hybridized carbons (Fsp3) is 0.286. The van der Waals surface area contributed by atoms with Gasteiger partial charge in [-0.1, -0.05) is 35.0 Å². The zero-order valence-electron chi connectivity index (χ0n) is 15.6. The highest BCUT2D eigenvalue weighted by Gasteiger charge is 2.11. The summed E-state index contributed by atoms with van der Waals surface area (Å²) in [5, 5.41) is 5.00. The minimum atomic E-state index is -0.178. The Morgan fingerprint density at radius 1 is 1.26 bits per heavy atom. The van der Waals surface area contributed by atoms with Crippen LogP contribution in [0.3, 0.4) is 0 Å². The molecule has 0 fully saturated rings. The first-order valence-corrected chi connectivity index (χ1v) is 9.80. The summed E-state index contributed by atoms with van der Waals surface area (Å²) in [5.41, 5.74) is 1.32. The molecule has 3 rings (SSSR count). The van der Waals surface area contributed by atoms with Gasteiger partial charge < -0.3 is 4.74 Å². The smallest absolute Gasteiger partial charge is 0.282 e. The van der Waals surface area contributed by atoms with Gasteiger partial charge in [-0.15, -0.1) is 0 Å². The third kappa shape index (κ3) is 4.45. The van der Waals surface area contributed by atoms with E-state index in [9.17, 15) is 4.79 Å². The van der Waals surface area contributed by atoms with E-state index in [1.165, 1.54) is 4.68 Å². The first-order chi connectivity index (χ1) is 13.0. The Balaban J connectivity index is 2.11. The molecule has 0 radical (unpaired) electrons. The minimum absolute atomic E-state index is 0.0533. The number of benzene rings is 2. The van der Waals surface area contributed by atoms with Gasteiger partial charge >= 0.3 is 0 Å². The van der Waals surface area contributed by atoms with E-state index in [4.69, 9.17) is 4.74 Å². The van der Waals surface area contributed by atoms with Crippen molar-refractivity contribution in [2.24, 2.45) is 5.10 Å². The second-order valence-electron chi connectivity index (χ2n) is 6.51.